The van der Waals surface area contributed by atoms with Crippen LogP contribution in [0.15, 0.2) is 12.1 Å². The third-order valence-corrected chi connectivity index (χ3v) is 4.23. The molecule has 0 N–H and O–H groups in total. The zero-order valence-corrected chi connectivity index (χ0v) is 13.5. The van der Waals surface area contributed by atoms with Crippen molar-refractivity contribution in [2.24, 2.45) is 0 Å². The monoisotopic (exact) mass is 301 g/mol. The SMILES string of the molecule is C#Cc1cc(C(=O)OC)c(C)c(N(CC)C2CCOCC2)c1. The molecule has 0 aromatic heterocycles. The molecule has 2 rings (SSSR count). The molecular formula is C18H23NO3. The number of rotatable bonds is 4. The normalized spacial score (nSPS) is 15.2. The highest BCUT2D eigenvalue weighted by molar-refractivity contribution is 5.93. The average Bonchev–Trinajstić information content (AvgIpc) is 2.57. The van der Waals surface area contributed by atoms with Crippen molar-refractivity contribution in [3.63, 3.8) is 0 Å². The van der Waals surface area contributed by atoms with Crippen LogP contribution < -0.4 is 4.90 Å². The molecule has 1 aliphatic heterocycles. The van der Waals surface area contributed by atoms with Crippen LogP contribution in [-0.2, 0) is 9.47 Å². The van der Waals surface area contributed by atoms with Crippen LogP contribution in [0.4, 0.5) is 5.69 Å². The zero-order valence-electron chi connectivity index (χ0n) is 13.5. The number of hydrogen-bond acceptors (Lipinski definition) is 4. The van der Waals surface area contributed by atoms with Gasteiger partial charge in [-0.1, -0.05) is 5.92 Å². The summed E-state index contributed by atoms with van der Waals surface area (Å²) in [4.78, 5) is 14.3. The summed E-state index contributed by atoms with van der Waals surface area (Å²) in [7, 11) is 1.39. The summed E-state index contributed by atoms with van der Waals surface area (Å²) in [6, 6.07) is 4.12. The molecule has 1 fully saturated rings. The zero-order chi connectivity index (χ0) is 16.1. The number of hydrogen-bond donors (Lipinski definition) is 0. The first-order valence-corrected chi connectivity index (χ1v) is 7.66. The Morgan fingerprint density at radius 2 is 2.14 bits per heavy atom. The van der Waals surface area contributed by atoms with E-state index in [9.17, 15) is 4.79 Å². The minimum atomic E-state index is -0.348. The second-order valence-corrected chi connectivity index (χ2v) is 5.43. The Morgan fingerprint density at radius 1 is 1.45 bits per heavy atom. The Hall–Kier alpha value is -1.99. The highest BCUT2D eigenvalue weighted by Crippen LogP contribution is 2.30. The average molecular weight is 301 g/mol. The van der Waals surface area contributed by atoms with E-state index in [-0.39, 0.29) is 5.97 Å². The lowest BCUT2D eigenvalue weighted by atomic mass is 9.99. The minimum absolute atomic E-state index is 0.348. The Balaban J connectivity index is 2.47. The molecule has 0 spiro atoms. The van der Waals surface area contributed by atoms with E-state index in [2.05, 4.69) is 17.7 Å². The van der Waals surface area contributed by atoms with Crippen LogP contribution in [0.3, 0.4) is 0 Å². The second kappa shape index (κ2) is 7.33. The van der Waals surface area contributed by atoms with Crippen LogP contribution in [0.2, 0.25) is 0 Å². The number of esters is 1. The molecule has 0 unspecified atom stereocenters. The summed E-state index contributed by atoms with van der Waals surface area (Å²) in [5, 5.41) is 0. The number of ether oxygens (including phenoxy) is 2. The highest BCUT2D eigenvalue weighted by atomic mass is 16.5. The molecule has 0 radical (unpaired) electrons. The van der Waals surface area contributed by atoms with Crippen LogP contribution >= 0.6 is 0 Å². The number of carbonyl (C=O) groups is 1. The first-order chi connectivity index (χ1) is 10.6. The summed E-state index contributed by atoms with van der Waals surface area (Å²) in [6.45, 7) is 6.48. The van der Waals surface area contributed by atoms with E-state index in [4.69, 9.17) is 15.9 Å². The van der Waals surface area contributed by atoms with Crippen molar-refractivity contribution in [2.75, 3.05) is 31.8 Å². The molecule has 0 aliphatic carbocycles. The minimum Gasteiger partial charge on any atom is -0.465 e. The lowest BCUT2D eigenvalue weighted by Crippen LogP contribution is -2.40. The van der Waals surface area contributed by atoms with Gasteiger partial charge in [-0.05, 0) is 44.4 Å². The predicted octanol–water partition coefficient (Wildman–Crippen LogP) is 2.77. The van der Waals surface area contributed by atoms with Gasteiger partial charge >= 0.3 is 5.97 Å². The van der Waals surface area contributed by atoms with Crippen molar-refractivity contribution < 1.29 is 14.3 Å². The van der Waals surface area contributed by atoms with E-state index >= 15 is 0 Å². The largest absolute Gasteiger partial charge is 0.465 e. The lowest BCUT2D eigenvalue weighted by Gasteiger charge is -2.36. The molecule has 1 saturated heterocycles. The van der Waals surface area contributed by atoms with Gasteiger partial charge in [-0.15, -0.1) is 6.42 Å². The fourth-order valence-corrected chi connectivity index (χ4v) is 3.02. The van der Waals surface area contributed by atoms with Gasteiger partial charge in [0.25, 0.3) is 0 Å². The Kier molecular flexibility index (Phi) is 5.46. The van der Waals surface area contributed by atoms with E-state index in [0.29, 0.717) is 17.2 Å². The number of carbonyl (C=O) groups excluding carboxylic acids is 1. The molecule has 0 saturated carbocycles. The van der Waals surface area contributed by atoms with Gasteiger partial charge in [0, 0.05) is 37.1 Å². The molecule has 0 atom stereocenters. The molecule has 1 aromatic carbocycles. The molecule has 118 valence electrons. The van der Waals surface area contributed by atoms with Crippen LogP contribution in [-0.4, -0.2) is 38.9 Å². The fraction of sp³-hybridized carbons (Fsp3) is 0.500. The standard InChI is InChI=1S/C18H23NO3/c1-5-14-11-16(18(20)21-4)13(3)17(12-14)19(6-2)15-7-9-22-10-8-15/h1,11-12,15H,6-10H2,2-4H3. The lowest BCUT2D eigenvalue weighted by molar-refractivity contribution is 0.0599. The Bertz CT molecular complexity index is 583. The molecule has 0 amide bonds. The van der Waals surface area contributed by atoms with Crippen molar-refractivity contribution >= 4 is 11.7 Å². The van der Waals surface area contributed by atoms with Gasteiger partial charge in [-0.3, -0.25) is 0 Å². The first kappa shape index (κ1) is 16.4. The number of anilines is 1. The van der Waals surface area contributed by atoms with Gasteiger partial charge in [0.1, 0.15) is 0 Å². The van der Waals surface area contributed by atoms with Crippen molar-refractivity contribution in [3.8, 4) is 12.3 Å². The summed E-state index contributed by atoms with van der Waals surface area (Å²) < 4.78 is 10.3. The van der Waals surface area contributed by atoms with Gasteiger partial charge < -0.3 is 14.4 Å². The van der Waals surface area contributed by atoms with E-state index < -0.39 is 0 Å². The van der Waals surface area contributed by atoms with Crippen molar-refractivity contribution in [3.05, 3.63) is 28.8 Å². The molecule has 22 heavy (non-hydrogen) atoms. The van der Waals surface area contributed by atoms with E-state index in [1.807, 2.05) is 13.0 Å². The Morgan fingerprint density at radius 3 is 2.68 bits per heavy atom. The smallest absolute Gasteiger partial charge is 0.338 e. The molecule has 1 aromatic rings. The third kappa shape index (κ3) is 3.26. The highest BCUT2D eigenvalue weighted by Gasteiger charge is 2.24. The first-order valence-electron chi connectivity index (χ1n) is 7.66. The molecule has 4 nitrogen and oxygen atoms in total. The molecular weight excluding hydrogens is 278 g/mol. The summed E-state index contributed by atoms with van der Waals surface area (Å²) >= 11 is 0. The van der Waals surface area contributed by atoms with Crippen LogP contribution in [0.5, 0.6) is 0 Å². The maximum absolute atomic E-state index is 12.0. The summed E-state index contributed by atoms with van der Waals surface area (Å²) in [5.41, 5.74) is 3.18. The van der Waals surface area contributed by atoms with Crippen molar-refractivity contribution in [1.82, 2.24) is 0 Å². The van der Waals surface area contributed by atoms with Crippen molar-refractivity contribution in [2.45, 2.75) is 32.7 Å². The summed E-state index contributed by atoms with van der Waals surface area (Å²) in [5.74, 6) is 2.29. The third-order valence-electron chi connectivity index (χ3n) is 4.23. The number of terminal acetylenes is 1. The number of methoxy groups -OCH3 is 1. The molecule has 1 heterocycles. The van der Waals surface area contributed by atoms with Crippen LogP contribution in [0.1, 0.15) is 41.3 Å². The van der Waals surface area contributed by atoms with Gasteiger partial charge in [0.2, 0.25) is 0 Å². The Labute approximate surface area is 132 Å². The number of benzene rings is 1. The van der Waals surface area contributed by atoms with E-state index in [1.165, 1.54) is 7.11 Å². The van der Waals surface area contributed by atoms with E-state index in [0.717, 1.165) is 43.9 Å². The molecule has 4 heteroatoms. The topological polar surface area (TPSA) is 38.8 Å². The molecule has 0 bridgehead atoms. The maximum Gasteiger partial charge on any atom is 0.338 e. The van der Waals surface area contributed by atoms with Gasteiger partial charge in [-0.2, -0.15) is 0 Å². The summed E-state index contributed by atoms with van der Waals surface area (Å²) in [6.07, 6.45) is 7.53. The van der Waals surface area contributed by atoms with Gasteiger partial charge in [0.15, 0.2) is 0 Å². The van der Waals surface area contributed by atoms with Crippen LogP contribution in [0, 0.1) is 19.3 Å². The predicted molar refractivity (Wildman–Crippen MR) is 87.3 cm³/mol. The molecule has 1 aliphatic rings. The van der Waals surface area contributed by atoms with Crippen molar-refractivity contribution in [1.29, 1.82) is 0 Å². The van der Waals surface area contributed by atoms with E-state index in [1.54, 1.807) is 6.07 Å². The fourth-order valence-electron chi connectivity index (χ4n) is 3.02. The van der Waals surface area contributed by atoms with Gasteiger partial charge in [-0.25, -0.2) is 4.79 Å². The maximum atomic E-state index is 12.0. The quantitative estimate of drug-likeness (QED) is 0.633. The van der Waals surface area contributed by atoms with Gasteiger partial charge in [0.05, 0.1) is 12.7 Å². The number of nitrogens with zero attached hydrogens (tertiary/aromatic N) is 1. The van der Waals surface area contributed by atoms with Crippen LogP contribution in [0.25, 0.3) is 0 Å². The second-order valence-electron chi connectivity index (χ2n) is 5.43.